The van der Waals surface area contributed by atoms with Crippen LogP contribution < -0.4 is 9.47 Å². The van der Waals surface area contributed by atoms with Crippen LogP contribution in [0.15, 0.2) is 97.1 Å². The van der Waals surface area contributed by atoms with E-state index in [0.29, 0.717) is 11.5 Å². The van der Waals surface area contributed by atoms with Gasteiger partial charge in [0, 0.05) is 59.8 Å². The minimum atomic E-state index is -0.318. The highest BCUT2D eigenvalue weighted by atomic mass is 16.5. The molecule has 4 unspecified atom stereocenters. The second kappa shape index (κ2) is 9.08. The third-order valence-corrected chi connectivity index (χ3v) is 12.5. The molecule has 5 aliphatic rings. The van der Waals surface area contributed by atoms with Crippen molar-refractivity contribution in [2.45, 2.75) is 50.4 Å². The van der Waals surface area contributed by atoms with Gasteiger partial charge >= 0.3 is 11.9 Å². The number of benzene rings is 7. The van der Waals surface area contributed by atoms with Crippen molar-refractivity contribution in [3.8, 4) is 33.8 Å². The summed E-state index contributed by atoms with van der Waals surface area (Å²) < 4.78 is 12.6. The van der Waals surface area contributed by atoms with Crippen molar-refractivity contribution < 1.29 is 19.1 Å². The summed E-state index contributed by atoms with van der Waals surface area (Å²) in [6, 6.07) is 35.8. The molecule has 7 aromatic carbocycles. The van der Waals surface area contributed by atoms with E-state index in [4.69, 9.17) is 9.47 Å². The molecule has 0 heterocycles. The minimum absolute atomic E-state index is 0.0486. The van der Waals surface area contributed by atoms with E-state index >= 15 is 0 Å². The topological polar surface area (TPSA) is 52.6 Å². The van der Waals surface area contributed by atoms with Gasteiger partial charge in [-0.3, -0.25) is 9.59 Å². The van der Waals surface area contributed by atoms with Crippen molar-refractivity contribution in [1.82, 2.24) is 0 Å². The molecule has 0 N–H and O–H groups in total. The van der Waals surface area contributed by atoms with Gasteiger partial charge in [0.15, 0.2) is 0 Å². The molecule has 7 aromatic rings. The number of hydrogen-bond donors (Lipinski definition) is 0. The fraction of sp³-hybridized carbons (Fsp3) is 0.174. The highest BCUT2D eigenvalue weighted by Crippen LogP contribution is 2.70. The smallest absolute Gasteiger partial charge is 0.308 e. The fourth-order valence-electron chi connectivity index (χ4n) is 10.8. The third-order valence-electron chi connectivity index (χ3n) is 12.5. The van der Waals surface area contributed by atoms with Gasteiger partial charge in [0.1, 0.15) is 11.5 Å². The summed E-state index contributed by atoms with van der Waals surface area (Å²) in [5.74, 6) is 1.03. The average molecular weight is 647 g/mol. The van der Waals surface area contributed by atoms with Crippen LogP contribution in [-0.2, 0) is 9.59 Å². The van der Waals surface area contributed by atoms with Crippen molar-refractivity contribution in [3.05, 3.63) is 142 Å². The minimum Gasteiger partial charge on any atom is -0.426 e. The molecule has 238 valence electrons. The quantitative estimate of drug-likeness (QED) is 0.139. The molecular formula is C46H30O4. The SMILES string of the molecule is CC(=O)Oc1c2c(c(OC(C)=O)c3c1C1CC3c3cc4cc5c(cc4cc31)-c1cccc3cccc-5c13)C1CC2c2cc3ccccc3cc21. The molecule has 5 aliphatic carbocycles. The molecule has 50 heavy (non-hydrogen) atoms. The van der Waals surface area contributed by atoms with Gasteiger partial charge in [-0.05, 0) is 102 Å². The molecule has 0 aliphatic heterocycles. The lowest BCUT2D eigenvalue weighted by Crippen LogP contribution is -2.18. The summed E-state index contributed by atoms with van der Waals surface area (Å²) in [4.78, 5) is 25.8. The van der Waals surface area contributed by atoms with Crippen LogP contribution in [-0.4, -0.2) is 11.9 Å². The third kappa shape index (κ3) is 3.23. The average Bonchev–Trinajstić information content (AvgIpc) is 3.92. The molecule has 0 saturated carbocycles. The highest BCUT2D eigenvalue weighted by molar-refractivity contribution is 6.17. The zero-order chi connectivity index (χ0) is 33.2. The van der Waals surface area contributed by atoms with Gasteiger partial charge in [-0.2, -0.15) is 0 Å². The van der Waals surface area contributed by atoms with Crippen molar-refractivity contribution >= 4 is 44.3 Å². The van der Waals surface area contributed by atoms with Gasteiger partial charge in [0.2, 0.25) is 0 Å². The number of hydrogen-bond acceptors (Lipinski definition) is 4. The van der Waals surface area contributed by atoms with Crippen LogP contribution in [0.25, 0.3) is 54.6 Å². The Hall–Kier alpha value is -5.74. The van der Waals surface area contributed by atoms with E-state index < -0.39 is 0 Å². The van der Waals surface area contributed by atoms with Crippen molar-refractivity contribution in [2.24, 2.45) is 0 Å². The largest absolute Gasteiger partial charge is 0.426 e. The second-order valence-corrected chi connectivity index (χ2v) is 14.9. The van der Waals surface area contributed by atoms with Crippen LogP contribution in [0, 0.1) is 0 Å². The number of esters is 2. The Bertz CT molecular complexity index is 2620. The van der Waals surface area contributed by atoms with E-state index in [9.17, 15) is 9.59 Å². The summed E-state index contributed by atoms with van der Waals surface area (Å²) in [6.45, 7) is 3.00. The molecule has 0 radical (unpaired) electrons. The second-order valence-electron chi connectivity index (χ2n) is 14.9. The maximum absolute atomic E-state index is 12.9. The van der Waals surface area contributed by atoms with Gasteiger partial charge in [-0.1, -0.05) is 84.9 Å². The van der Waals surface area contributed by atoms with Gasteiger partial charge < -0.3 is 9.47 Å². The van der Waals surface area contributed by atoms with Crippen LogP contribution in [0.4, 0.5) is 0 Å². The Balaban J connectivity index is 1.09. The van der Waals surface area contributed by atoms with Gasteiger partial charge in [-0.25, -0.2) is 0 Å². The van der Waals surface area contributed by atoms with Gasteiger partial charge in [0.25, 0.3) is 0 Å². The molecule has 4 nitrogen and oxygen atoms in total. The Morgan fingerprint density at radius 3 is 1.24 bits per heavy atom. The Labute approximate surface area is 288 Å². The maximum Gasteiger partial charge on any atom is 0.308 e. The van der Waals surface area contributed by atoms with Crippen molar-refractivity contribution in [3.63, 3.8) is 0 Å². The van der Waals surface area contributed by atoms with Crippen LogP contribution >= 0.6 is 0 Å². The van der Waals surface area contributed by atoms with Crippen molar-refractivity contribution in [2.75, 3.05) is 0 Å². The molecule has 0 spiro atoms. The number of carbonyl (C=O) groups excluding carboxylic acids is 2. The van der Waals surface area contributed by atoms with E-state index in [1.54, 1.807) is 0 Å². The first kappa shape index (κ1) is 27.1. The van der Waals surface area contributed by atoms with Crippen LogP contribution in [0.1, 0.15) is 94.9 Å². The molecule has 0 amide bonds. The maximum atomic E-state index is 12.9. The standard InChI is InChI=1S/C46H30O4/c1-21(47)49-45-41-36-19-37(33-14-25-8-4-3-7-24(25)13-32(33)36)42(41)46(50-22(2)48)44-39-20-38(43(44)45)34-17-26-15-30-28-11-5-9-23-10-6-12-29(40(23)28)31(30)16-27(26)18-35(34)39/h3-18,36-39H,19-20H2,1-2H3. The number of carbonyl (C=O) groups is 2. The zero-order valence-electron chi connectivity index (χ0n) is 27.6. The molecule has 0 aromatic heterocycles. The van der Waals surface area contributed by atoms with Crippen LogP contribution in [0.2, 0.25) is 0 Å². The lowest BCUT2D eigenvalue weighted by molar-refractivity contribution is -0.133. The zero-order valence-corrected chi connectivity index (χ0v) is 27.6. The first-order valence-electron chi connectivity index (χ1n) is 17.7. The lowest BCUT2D eigenvalue weighted by Gasteiger charge is -2.31. The highest BCUT2D eigenvalue weighted by Gasteiger charge is 2.53. The Morgan fingerprint density at radius 2 is 0.840 bits per heavy atom. The van der Waals surface area contributed by atoms with E-state index in [2.05, 4.69) is 97.1 Å². The number of rotatable bonds is 2. The molecule has 0 saturated heterocycles. The van der Waals surface area contributed by atoms with Crippen LogP contribution in [0.5, 0.6) is 11.5 Å². The first-order chi connectivity index (χ1) is 24.4. The summed E-state index contributed by atoms with van der Waals surface area (Å²) in [5.41, 5.74) is 14.5. The molecule has 4 bridgehead atoms. The Kier molecular flexibility index (Phi) is 4.92. The molecule has 12 rings (SSSR count). The lowest BCUT2D eigenvalue weighted by atomic mass is 9.76. The summed E-state index contributed by atoms with van der Waals surface area (Å²) in [6.07, 6.45) is 1.76. The van der Waals surface area contributed by atoms with Crippen LogP contribution in [0.3, 0.4) is 0 Å². The molecular weight excluding hydrogens is 617 g/mol. The number of fused-ring (bicyclic) bond motifs is 21. The summed E-state index contributed by atoms with van der Waals surface area (Å²) in [7, 11) is 0. The summed E-state index contributed by atoms with van der Waals surface area (Å²) in [5, 5.41) is 7.45. The monoisotopic (exact) mass is 646 g/mol. The fourth-order valence-corrected chi connectivity index (χ4v) is 10.8. The molecule has 4 atom stereocenters. The molecule has 0 fully saturated rings. The van der Waals surface area contributed by atoms with E-state index in [0.717, 1.165) is 35.1 Å². The van der Waals surface area contributed by atoms with E-state index in [-0.39, 0.29) is 35.6 Å². The van der Waals surface area contributed by atoms with E-state index in [1.165, 1.54) is 90.7 Å². The number of ether oxygens (including phenoxy) is 2. The normalized spacial score (nSPS) is 20.6. The van der Waals surface area contributed by atoms with Gasteiger partial charge in [-0.15, -0.1) is 0 Å². The van der Waals surface area contributed by atoms with Gasteiger partial charge in [0.05, 0.1) is 0 Å². The predicted molar refractivity (Wildman–Crippen MR) is 195 cm³/mol. The van der Waals surface area contributed by atoms with Crippen molar-refractivity contribution in [1.29, 1.82) is 0 Å². The Morgan fingerprint density at radius 1 is 0.460 bits per heavy atom. The summed E-state index contributed by atoms with van der Waals surface area (Å²) >= 11 is 0. The van der Waals surface area contributed by atoms with E-state index in [1.807, 2.05) is 0 Å². The first-order valence-corrected chi connectivity index (χ1v) is 17.7. The molecule has 4 heteroatoms. The predicted octanol–water partition coefficient (Wildman–Crippen LogP) is 10.6.